The van der Waals surface area contributed by atoms with Gasteiger partial charge in [-0.1, -0.05) is 0 Å². The van der Waals surface area contributed by atoms with Gasteiger partial charge in [0.15, 0.2) is 5.79 Å². The number of carboxylic acids is 1. The Hall–Kier alpha value is -0.650. The summed E-state index contributed by atoms with van der Waals surface area (Å²) in [7, 11) is 0. The number of carboxylic acid groups (broad SMARTS) is 1. The van der Waals surface area contributed by atoms with Gasteiger partial charge in [-0.3, -0.25) is 0 Å². The van der Waals surface area contributed by atoms with Crippen molar-refractivity contribution >= 4 is 5.97 Å². The van der Waals surface area contributed by atoms with E-state index in [0.717, 1.165) is 19.3 Å². The van der Waals surface area contributed by atoms with Gasteiger partial charge in [-0.2, -0.15) is 0 Å². The van der Waals surface area contributed by atoms with E-state index in [1.807, 2.05) is 0 Å². The summed E-state index contributed by atoms with van der Waals surface area (Å²) in [6.45, 7) is 0.392. The minimum atomic E-state index is -0.890. The third kappa shape index (κ3) is 1.44. The summed E-state index contributed by atoms with van der Waals surface area (Å²) in [6, 6.07) is 0. The van der Waals surface area contributed by atoms with Crippen molar-refractivity contribution in [3.05, 3.63) is 0 Å². The Morgan fingerprint density at radius 1 is 1.26 bits per heavy atom. The van der Waals surface area contributed by atoms with Gasteiger partial charge >= 0.3 is 0 Å². The number of rotatable bonds is 2. The molecular weight excluding hydrogens is 248 g/mol. The zero-order valence-electron chi connectivity index (χ0n) is 10.8. The molecule has 4 bridgehead atoms. The van der Waals surface area contributed by atoms with Crippen LogP contribution in [0.1, 0.15) is 32.1 Å². The summed E-state index contributed by atoms with van der Waals surface area (Å²) < 4.78 is 12.0. The molecule has 106 valence electrons. The minimum Gasteiger partial charge on any atom is -0.550 e. The fraction of sp³-hybridized carbons (Fsp3) is 0.929. The van der Waals surface area contributed by atoms with Gasteiger partial charge in [0.1, 0.15) is 6.10 Å². The number of aliphatic hydroxyl groups excluding tert-OH is 1. The maximum absolute atomic E-state index is 11.5. The number of aliphatic carboxylic acids is 1. The highest BCUT2D eigenvalue weighted by atomic mass is 16.7. The lowest BCUT2D eigenvalue weighted by atomic mass is 9.47. The summed E-state index contributed by atoms with van der Waals surface area (Å²) in [4.78, 5) is 11.5. The number of carbonyl (C=O) groups is 1. The van der Waals surface area contributed by atoms with Crippen molar-refractivity contribution in [1.82, 2.24) is 0 Å². The molecule has 5 aliphatic rings. The van der Waals surface area contributed by atoms with E-state index in [0.29, 0.717) is 25.4 Å². The molecule has 3 unspecified atom stereocenters. The summed E-state index contributed by atoms with van der Waals surface area (Å²) in [5.41, 5.74) is -0.647. The molecule has 5 nitrogen and oxygen atoms in total. The smallest absolute Gasteiger partial charge is 0.174 e. The second-order valence-electron chi connectivity index (χ2n) is 6.87. The quantitative estimate of drug-likeness (QED) is 0.741. The maximum Gasteiger partial charge on any atom is 0.174 e. The fourth-order valence-corrected chi connectivity index (χ4v) is 5.25. The van der Waals surface area contributed by atoms with Crippen molar-refractivity contribution in [3.8, 4) is 0 Å². The van der Waals surface area contributed by atoms with E-state index >= 15 is 0 Å². The van der Waals surface area contributed by atoms with Crippen LogP contribution in [0.3, 0.4) is 0 Å². The van der Waals surface area contributed by atoms with Gasteiger partial charge in [0.25, 0.3) is 0 Å². The highest BCUT2D eigenvalue weighted by Gasteiger charge is 2.66. The van der Waals surface area contributed by atoms with E-state index in [-0.39, 0.29) is 24.5 Å². The standard InChI is InChI=1S/C14H20O5/c15-6-11-7-18-14(19-11)9-1-8-2-10(14)5-13(3-8,4-9)12(16)17/h8-11,15H,1-7H2,(H,16,17)/p-1. The average molecular weight is 267 g/mol. The lowest BCUT2D eigenvalue weighted by Crippen LogP contribution is -2.65. The van der Waals surface area contributed by atoms with Gasteiger partial charge in [0.2, 0.25) is 0 Å². The molecule has 5 fully saturated rings. The van der Waals surface area contributed by atoms with Crippen LogP contribution in [0, 0.1) is 23.2 Å². The molecule has 3 atom stereocenters. The third-order valence-corrected chi connectivity index (χ3v) is 5.81. The van der Waals surface area contributed by atoms with Crippen molar-refractivity contribution < 1.29 is 24.5 Å². The van der Waals surface area contributed by atoms with Crippen LogP contribution in [-0.2, 0) is 14.3 Å². The molecule has 5 rings (SSSR count). The topological polar surface area (TPSA) is 78.8 Å². The minimum absolute atomic E-state index is 0.0315. The number of aliphatic hydroxyl groups is 1. The summed E-state index contributed by atoms with van der Waals surface area (Å²) in [6.07, 6.45) is 3.72. The predicted molar refractivity (Wildman–Crippen MR) is 61.6 cm³/mol. The fourth-order valence-electron chi connectivity index (χ4n) is 5.25. The van der Waals surface area contributed by atoms with Crippen LogP contribution in [-0.4, -0.2) is 36.2 Å². The number of carbonyl (C=O) groups excluding carboxylic acids is 1. The van der Waals surface area contributed by atoms with Crippen LogP contribution in [0.5, 0.6) is 0 Å². The third-order valence-electron chi connectivity index (χ3n) is 5.81. The Balaban J connectivity index is 1.67. The Morgan fingerprint density at radius 3 is 2.47 bits per heavy atom. The molecule has 1 spiro atoms. The van der Waals surface area contributed by atoms with Gasteiger partial charge in [-0.15, -0.1) is 0 Å². The van der Waals surface area contributed by atoms with Crippen molar-refractivity contribution in [2.75, 3.05) is 13.2 Å². The summed E-state index contributed by atoms with van der Waals surface area (Å²) in [5, 5.41) is 20.8. The number of hydrogen-bond acceptors (Lipinski definition) is 5. The van der Waals surface area contributed by atoms with E-state index < -0.39 is 17.2 Å². The van der Waals surface area contributed by atoms with Crippen molar-refractivity contribution in [2.45, 2.75) is 44.0 Å². The van der Waals surface area contributed by atoms with Crippen LogP contribution in [0.2, 0.25) is 0 Å². The van der Waals surface area contributed by atoms with Crippen molar-refractivity contribution in [2.24, 2.45) is 23.2 Å². The first-order valence-corrected chi connectivity index (χ1v) is 7.22. The Labute approximate surface area is 111 Å². The molecule has 0 amide bonds. The second kappa shape index (κ2) is 3.71. The molecule has 1 aliphatic heterocycles. The van der Waals surface area contributed by atoms with Crippen molar-refractivity contribution in [1.29, 1.82) is 0 Å². The zero-order valence-corrected chi connectivity index (χ0v) is 10.8. The zero-order chi connectivity index (χ0) is 13.3. The first kappa shape index (κ1) is 12.1. The van der Waals surface area contributed by atoms with Gasteiger partial charge < -0.3 is 24.5 Å². The number of ether oxygens (including phenoxy) is 2. The second-order valence-corrected chi connectivity index (χ2v) is 6.87. The SMILES string of the molecule is O=C([O-])C12CC3CC(C1)C1(OCC(CO)O1)C(C3)C2. The molecule has 1 heterocycles. The molecule has 4 aliphatic carbocycles. The largest absolute Gasteiger partial charge is 0.550 e. The predicted octanol–water partition coefficient (Wildman–Crippen LogP) is -0.333. The normalized spacial score (nSPS) is 55.0. The van der Waals surface area contributed by atoms with Crippen LogP contribution < -0.4 is 5.11 Å². The Kier molecular flexibility index (Phi) is 2.37. The first-order valence-electron chi connectivity index (χ1n) is 7.22. The molecule has 0 aromatic carbocycles. The van der Waals surface area contributed by atoms with E-state index in [9.17, 15) is 15.0 Å². The first-order chi connectivity index (χ1) is 9.08. The maximum atomic E-state index is 11.5. The lowest BCUT2D eigenvalue weighted by Gasteiger charge is -2.63. The molecule has 0 aromatic heterocycles. The van der Waals surface area contributed by atoms with E-state index in [1.54, 1.807) is 0 Å². The monoisotopic (exact) mass is 267 g/mol. The highest BCUT2D eigenvalue weighted by molar-refractivity contribution is 5.73. The Bertz CT molecular complexity index is 404. The van der Waals surface area contributed by atoms with Gasteiger partial charge in [-0.25, -0.2) is 0 Å². The molecule has 0 aromatic rings. The van der Waals surface area contributed by atoms with E-state index in [4.69, 9.17) is 9.47 Å². The average Bonchev–Trinajstić information content (AvgIpc) is 2.80. The molecule has 5 heteroatoms. The lowest BCUT2D eigenvalue weighted by molar-refractivity contribution is -0.349. The van der Waals surface area contributed by atoms with E-state index in [2.05, 4.69) is 0 Å². The molecule has 4 saturated carbocycles. The van der Waals surface area contributed by atoms with Gasteiger partial charge in [-0.05, 0) is 38.0 Å². The number of hydrogen-bond donors (Lipinski definition) is 1. The van der Waals surface area contributed by atoms with Crippen molar-refractivity contribution in [3.63, 3.8) is 0 Å². The molecular formula is C14H19O5-. The summed E-state index contributed by atoms with van der Waals surface area (Å²) >= 11 is 0. The molecule has 0 radical (unpaired) electrons. The van der Waals surface area contributed by atoms with Crippen LogP contribution in [0.4, 0.5) is 0 Å². The highest BCUT2D eigenvalue weighted by Crippen LogP contribution is 2.65. The van der Waals surface area contributed by atoms with E-state index in [1.165, 1.54) is 0 Å². The van der Waals surface area contributed by atoms with Crippen LogP contribution in [0.15, 0.2) is 0 Å². The van der Waals surface area contributed by atoms with Crippen LogP contribution >= 0.6 is 0 Å². The van der Waals surface area contributed by atoms with Gasteiger partial charge in [0, 0.05) is 23.2 Å². The summed E-state index contributed by atoms with van der Waals surface area (Å²) in [5.74, 6) is -0.746. The molecule has 1 N–H and O–H groups in total. The molecule has 19 heavy (non-hydrogen) atoms. The Morgan fingerprint density at radius 2 is 1.95 bits per heavy atom. The van der Waals surface area contributed by atoms with Crippen LogP contribution in [0.25, 0.3) is 0 Å². The molecule has 1 saturated heterocycles. The van der Waals surface area contributed by atoms with Gasteiger partial charge in [0.05, 0.1) is 13.2 Å².